The van der Waals surface area contributed by atoms with E-state index < -0.39 is 5.66 Å². The smallest absolute Gasteiger partial charge is 0.191 e. The van der Waals surface area contributed by atoms with E-state index in [1.165, 1.54) is 0 Å². The maximum absolute atomic E-state index is 8.95. The van der Waals surface area contributed by atoms with Crippen LogP contribution in [0.15, 0.2) is 77.8 Å². The summed E-state index contributed by atoms with van der Waals surface area (Å²) in [7, 11) is 0. The zero-order valence-corrected chi connectivity index (χ0v) is 14.6. The Hall–Kier alpha value is -3.75. The van der Waals surface area contributed by atoms with E-state index in [4.69, 9.17) is 11.0 Å². The van der Waals surface area contributed by atoms with Gasteiger partial charge in [0.05, 0.1) is 22.7 Å². The van der Waals surface area contributed by atoms with E-state index in [0.29, 0.717) is 11.4 Å². The number of aliphatic imine (C=N–C) groups is 1. The molecule has 5 heteroatoms. The van der Waals surface area contributed by atoms with Crippen molar-refractivity contribution >= 4 is 17.8 Å². The zero-order chi connectivity index (χ0) is 18.9. The molecule has 3 N–H and O–H groups in total. The number of imidazole rings is 1. The Labute approximate surface area is 156 Å². The van der Waals surface area contributed by atoms with Crippen LogP contribution in [0.1, 0.15) is 17.0 Å². The number of fused-ring (bicyclic) bond motifs is 1. The van der Waals surface area contributed by atoms with Gasteiger partial charge in [-0.2, -0.15) is 5.26 Å². The van der Waals surface area contributed by atoms with Crippen molar-refractivity contribution in [3.8, 4) is 17.2 Å². The fraction of sp³-hybridized carbons (Fsp3) is 0.0455. The van der Waals surface area contributed by atoms with Crippen molar-refractivity contribution in [1.82, 2.24) is 9.97 Å². The van der Waals surface area contributed by atoms with Gasteiger partial charge in [0.1, 0.15) is 0 Å². The summed E-state index contributed by atoms with van der Waals surface area (Å²) in [6.45, 7) is 3.68. The summed E-state index contributed by atoms with van der Waals surface area (Å²) in [6, 6.07) is 25.1. The van der Waals surface area contributed by atoms with Crippen LogP contribution in [0.25, 0.3) is 22.2 Å². The van der Waals surface area contributed by atoms with Gasteiger partial charge in [0.15, 0.2) is 11.5 Å². The Balaban J connectivity index is 1.78. The average Bonchev–Trinajstić information content (AvgIpc) is 3.18. The number of nitriles is 1. The Bertz CT molecular complexity index is 1150. The number of hydrogen-bond acceptors (Lipinski definition) is 4. The quantitative estimate of drug-likeness (QED) is 0.545. The van der Waals surface area contributed by atoms with Crippen molar-refractivity contribution in [2.75, 3.05) is 0 Å². The molecule has 0 aliphatic heterocycles. The highest BCUT2D eigenvalue weighted by Crippen LogP contribution is 2.29. The summed E-state index contributed by atoms with van der Waals surface area (Å²) in [5, 5.41) is 8.95. The first kappa shape index (κ1) is 16.7. The van der Waals surface area contributed by atoms with Crippen molar-refractivity contribution in [2.45, 2.75) is 5.66 Å². The molecule has 0 bridgehead atoms. The number of benzene rings is 3. The Morgan fingerprint density at radius 3 is 2.37 bits per heavy atom. The molecule has 0 saturated heterocycles. The molecule has 1 aromatic heterocycles. The van der Waals surface area contributed by atoms with E-state index in [-0.39, 0.29) is 0 Å². The van der Waals surface area contributed by atoms with Gasteiger partial charge in [0.25, 0.3) is 0 Å². The highest BCUT2D eigenvalue weighted by atomic mass is 15.1. The predicted molar refractivity (Wildman–Crippen MR) is 107 cm³/mol. The molecule has 5 nitrogen and oxygen atoms in total. The number of H-pyrrole nitrogens is 1. The summed E-state index contributed by atoms with van der Waals surface area (Å²) in [4.78, 5) is 12.1. The van der Waals surface area contributed by atoms with Crippen molar-refractivity contribution in [2.24, 2.45) is 10.7 Å². The first-order valence-electron chi connectivity index (χ1n) is 8.47. The van der Waals surface area contributed by atoms with E-state index >= 15 is 0 Å². The number of nitrogens with one attached hydrogen (secondary N) is 1. The zero-order valence-electron chi connectivity index (χ0n) is 14.6. The van der Waals surface area contributed by atoms with E-state index in [0.717, 1.165) is 27.7 Å². The van der Waals surface area contributed by atoms with Gasteiger partial charge in [-0.25, -0.2) is 4.98 Å². The lowest BCUT2D eigenvalue weighted by Crippen LogP contribution is -2.36. The molecule has 0 aliphatic rings. The number of hydrogen-bond donors (Lipinski definition) is 2. The fourth-order valence-corrected chi connectivity index (χ4v) is 3.10. The van der Waals surface area contributed by atoms with E-state index in [1.807, 2.05) is 60.7 Å². The number of nitrogens with zero attached hydrogens (tertiary/aromatic N) is 3. The maximum atomic E-state index is 8.95. The number of nitrogens with two attached hydrogens (primary N) is 1. The van der Waals surface area contributed by atoms with E-state index in [9.17, 15) is 0 Å². The molecule has 0 fully saturated rings. The lowest BCUT2D eigenvalue weighted by molar-refractivity contribution is 0.543. The molecule has 1 unspecified atom stereocenters. The van der Waals surface area contributed by atoms with Crippen LogP contribution in [0.3, 0.4) is 0 Å². The summed E-state index contributed by atoms with van der Waals surface area (Å²) in [5.74, 6) is 0.538. The predicted octanol–water partition coefficient (Wildman–Crippen LogP) is 3.96. The standard InChI is InChI=1S/C22H17N5/c1-25-22(24,18-5-3-2-4-6-18)21-26-19-12-11-17(13-20(19)27-21)16-9-7-15(14-23)8-10-16/h2-13H,1,24H2,(H,26,27). The lowest BCUT2D eigenvalue weighted by Gasteiger charge is -2.22. The van der Waals surface area contributed by atoms with Crippen LogP contribution in [0.2, 0.25) is 0 Å². The average molecular weight is 351 g/mol. The van der Waals surface area contributed by atoms with Crippen LogP contribution >= 0.6 is 0 Å². The molecular formula is C22H17N5. The Kier molecular flexibility index (Phi) is 4.03. The molecule has 0 saturated carbocycles. The van der Waals surface area contributed by atoms with E-state index in [2.05, 4.69) is 27.7 Å². The molecule has 27 heavy (non-hydrogen) atoms. The molecule has 3 aromatic carbocycles. The molecule has 1 atom stereocenters. The second-order valence-corrected chi connectivity index (χ2v) is 6.30. The highest BCUT2D eigenvalue weighted by molar-refractivity contribution is 5.82. The first-order valence-corrected chi connectivity index (χ1v) is 8.47. The lowest BCUT2D eigenvalue weighted by atomic mass is 10.0. The largest absolute Gasteiger partial charge is 0.338 e. The van der Waals surface area contributed by atoms with Gasteiger partial charge < -0.3 is 4.98 Å². The van der Waals surface area contributed by atoms with Crippen LogP contribution in [-0.4, -0.2) is 16.7 Å². The number of aromatic nitrogens is 2. The molecule has 0 aliphatic carbocycles. The summed E-state index contributed by atoms with van der Waals surface area (Å²) < 4.78 is 0. The summed E-state index contributed by atoms with van der Waals surface area (Å²) in [6.07, 6.45) is 0. The van der Waals surface area contributed by atoms with Gasteiger partial charge in [-0.3, -0.25) is 10.7 Å². The van der Waals surface area contributed by atoms with Gasteiger partial charge in [0, 0.05) is 5.56 Å². The molecule has 1 heterocycles. The first-order chi connectivity index (χ1) is 13.1. The second-order valence-electron chi connectivity index (χ2n) is 6.30. The van der Waals surface area contributed by atoms with Crippen molar-refractivity contribution in [3.05, 3.63) is 89.7 Å². The third-order valence-electron chi connectivity index (χ3n) is 4.65. The monoisotopic (exact) mass is 351 g/mol. The molecule has 0 radical (unpaired) electrons. The number of rotatable bonds is 4. The van der Waals surface area contributed by atoms with Gasteiger partial charge in [-0.05, 0) is 42.1 Å². The SMILES string of the molecule is C=NC(N)(c1ccccc1)c1nc2ccc(-c3ccc(C#N)cc3)cc2[nH]1. The van der Waals surface area contributed by atoms with Crippen LogP contribution in [0.5, 0.6) is 0 Å². The van der Waals surface area contributed by atoms with Crippen LogP contribution in [0.4, 0.5) is 0 Å². The minimum absolute atomic E-state index is 0.538. The third-order valence-corrected chi connectivity index (χ3v) is 4.65. The van der Waals surface area contributed by atoms with Gasteiger partial charge in [-0.1, -0.05) is 48.5 Å². The second kappa shape index (κ2) is 6.52. The van der Waals surface area contributed by atoms with Crippen molar-refractivity contribution < 1.29 is 0 Å². The summed E-state index contributed by atoms with van der Waals surface area (Å²) in [5.41, 5.74) is 10.5. The highest BCUT2D eigenvalue weighted by Gasteiger charge is 2.31. The molecule has 0 spiro atoms. The molecule has 4 rings (SSSR count). The minimum atomic E-state index is -1.14. The molecular weight excluding hydrogens is 334 g/mol. The molecule has 4 aromatic rings. The molecule has 130 valence electrons. The van der Waals surface area contributed by atoms with Gasteiger partial charge >= 0.3 is 0 Å². The van der Waals surface area contributed by atoms with Gasteiger partial charge in [0.2, 0.25) is 0 Å². The molecule has 0 amide bonds. The topological polar surface area (TPSA) is 90.8 Å². The van der Waals surface area contributed by atoms with Crippen LogP contribution in [0, 0.1) is 11.3 Å². The normalized spacial score (nSPS) is 13.0. The maximum Gasteiger partial charge on any atom is 0.191 e. The third kappa shape index (κ3) is 2.88. The fourth-order valence-electron chi connectivity index (χ4n) is 3.10. The van der Waals surface area contributed by atoms with Crippen molar-refractivity contribution in [1.29, 1.82) is 5.26 Å². The van der Waals surface area contributed by atoms with E-state index in [1.54, 1.807) is 12.1 Å². The Morgan fingerprint density at radius 2 is 1.70 bits per heavy atom. The van der Waals surface area contributed by atoms with Gasteiger partial charge in [-0.15, -0.1) is 0 Å². The van der Waals surface area contributed by atoms with Crippen LogP contribution in [-0.2, 0) is 5.66 Å². The van der Waals surface area contributed by atoms with Crippen LogP contribution < -0.4 is 5.73 Å². The van der Waals surface area contributed by atoms with Crippen molar-refractivity contribution in [3.63, 3.8) is 0 Å². The Morgan fingerprint density at radius 1 is 1.00 bits per heavy atom. The minimum Gasteiger partial charge on any atom is -0.338 e. The number of aromatic amines is 1. The summed E-state index contributed by atoms with van der Waals surface area (Å²) >= 11 is 0.